The SMILES string of the molecule is COc1ccc(CN2C(=O)CC(C(=O)Nc3ccccc3OC)SC2=Nc2ccc(F)cc2)cc1. The van der Waals surface area contributed by atoms with Crippen molar-refractivity contribution in [1.29, 1.82) is 0 Å². The molecule has 1 unspecified atom stereocenters. The second-order valence-corrected chi connectivity index (χ2v) is 8.87. The van der Waals surface area contributed by atoms with Crippen molar-refractivity contribution in [2.24, 2.45) is 4.99 Å². The van der Waals surface area contributed by atoms with E-state index in [2.05, 4.69) is 10.3 Å². The summed E-state index contributed by atoms with van der Waals surface area (Å²) in [5, 5.41) is 2.52. The van der Waals surface area contributed by atoms with Gasteiger partial charge < -0.3 is 14.8 Å². The molecule has 4 rings (SSSR count). The number of nitrogens with one attached hydrogen (secondary N) is 1. The van der Waals surface area contributed by atoms with Gasteiger partial charge in [-0.25, -0.2) is 9.38 Å². The minimum absolute atomic E-state index is 0.00421. The standard InChI is InChI=1S/C26H24FN3O4S/c1-33-20-13-7-17(8-14-20)16-30-24(31)15-23(25(32)29-21-5-3-4-6-22(21)34-2)35-26(30)28-19-11-9-18(27)10-12-19/h3-14,23H,15-16H2,1-2H3,(H,29,32). The molecular weight excluding hydrogens is 469 g/mol. The van der Waals surface area contributed by atoms with E-state index in [0.717, 1.165) is 5.56 Å². The molecule has 0 bridgehead atoms. The molecule has 1 saturated heterocycles. The van der Waals surface area contributed by atoms with Crippen LogP contribution in [0.5, 0.6) is 11.5 Å². The van der Waals surface area contributed by atoms with Gasteiger partial charge in [0, 0.05) is 6.42 Å². The van der Waals surface area contributed by atoms with Crippen LogP contribution in [0.15, 0.2) is 77.8 Å². The van der Waals surface area contributed by atoms with Crippen molar-refractivity contribution >= 4 is 40.1 Å². The number of thioether (sulfide) groups is 1. The Kier molecular flexibility index (Phi) is 7.67. The number of aliphatic imine (C=N–C) groups is 1. The van der Waals surface area contributed by atoms with E-state index >= 15 is 0 Å². The summed E-state index contributed by atoms with van der Waals surface area (Å²) in [6.07, 6.45) is 0.00421. The molecule has 9 heteroatoms. The first-order chi connectivity index (χ1) is 17.0. The van der Waals surface area contributed by atoms with Gasteiger partial charge >= 0.3 is 0 Å². The van der Waals surface area contributed by atoms with Crippen LogP contribution in [0.4, 0.5) is 15.8 Å². The predicted octanol–water partition coefficient (Wildman–Crippen LogP) is 5.00. The molecule has 3 aromatic carbocycles. The fourth-order valence-electron chi connectivity index (χ4n) is 3.50. The average molecular weight is 494 g/mol. The molecule has 1 aliphatic heterocycles. The number of methoxy groups -OCH3 is 2. The molecule has 2 amide bonds. The Balaban J connectivity index is 1.59. The van der Waals surface area contributed by atoms with Crippen LogP contribution in [0.3, 0.4) is 0 Å². The van der Waals surface area contributed by atoms with Crippen LogP contribution in [0.25, 0.3) is 0 Å². The van der Waals surface area contributed by atoms with E-state index in [0.29, 0.717) is 28.0 Å². The number of hydrogen-bond acceptors (Lipinski definition) is 6. The number of benzene rings is 3. The molecule has 1 atom stereocenters. The highest BCUT2D eigenvalue weighted by Gasteiger charge is 2.36. The molecule has 35 heavy (non-hydrogen) atoms. The number of carbonyl (C=O) groups is 2. The van der Waals surface area contributed by atoms with Crippen LogP contribution < -0.4 is 14.8 Å². The summed E-state index contributed by atoms with van der Waals surface area (Å²) in [4.78, 5) is 32.4. The van der Waals surface area contributed by atoms with Gasteiger partial charge in [0.25, 0.3) is 0 Å². The van der Waals surface area contributed by atoms with Crippen molar-refractivity contribution in [2.75, 3.05) is 19.5 Å². The maximum Gasteiger partial charge on any atom is 0.238 e. The maximum absolute atomic E-state index is 13.4. The van der Waals surface area contributed by atoms with Crippen LogP contribution in [0.2, 0.25) is 0 Å². The zero-order valence-corrected chi connectivity index (χ0v) is 20.0. The Bertz CT molecular complexity index is 1230. The Hall–Kier alpha value is -3.85. The number of hydrogen-bond donors (Lipinski definition) is 1. The Morgan fingerprint density at radius 2 is 1.77 bits per heavy atom. The highest BCUT2D eigenvalue weighted by atomic mass is 32.2. The fraction of sp³-hybridized carbons (Fsp3) is 0.192. The van der Waals surface area contributed by atoms with E-state index in [1.54, 1.807) is 36.3 Å². The molecule has 0 saturated carbocycles. The lowest BCUT2D eigenvalue weighted by atomic mass is 10.2. The average Bonchev–Trinajstić information content (AvgIpc) is 2.88. The smallest absolute Gasteiger partial charge is 0.238 e. The van der Waals surface area contributed by atoms with E-state index in [-0.39, 0.29) is 30.6 Å². The number of amidine groups is 1. The van der Waals surface area contributed by atoms with Crippen molar-refractivity contribution < 1.29 is 23.5 Å². The second-order valence-electron chi connectivity index (χ2n) is 7.70. The van der Waals surface area contributed by atoms with Gasteiger partial charge in [0.2, 0.25) is 11.8 Å². The number of halogens is 1. The van der Waals surface area contributed by atoms with Gasteiger partial charge in [-0.1, -0.05) is 36.0 Å². The molecule has 1 aliphatic rings. The van der Waals surface area contributed by atoms with E-state index in [4.69, 9.17) is 9.47 Å². The van der Waals surface area contributed by atoms with Crippen LogP contribution in [-0.2, 0) is 16.1 Å². The fourth-order valence-corrected chi connectivity index (χ4v) is 4.60. The summed E-state index contributed by atoms with van der Waals surface area (Å²) in [6.45, 7) is 0.275. The number of nitrogens with zero attached hydrogens (tertiary/aromatic N) is 2. The zero-order valence-electron chi connectivity index (χ0n) is 19.2. The van der Waals surface area contributed by atoms with Gasteiger partial charge in [0.05, 0.1) is 32.1 Å². The largest absolute Gasteiger partial charge is 0.497 e. The number of para-hydroxylation sites is 2. The normalized spacial score (nSPS) is 16.8. The molecular formula is C26H24FN3O4S. The quantitative estimate of drug-likeness (QED) is 0.501. The van der Waals surface area contributed by atoms with Gasteiger partial charge in [0.1, 0.15) is 22.6 Å². The van der Waals surface area contributed by atoms with Gasteiger partial charge in [-0.2, -0.15) is 0 Å². The number of anilines is 1. The monoisotopic (exact) mass is 493 g/mol. The molecule has 0 aliphatic carbocycles. The topological polar surface area (TPSA) is 80.2 Å². The van der Waals surface area contributed by atoms with Gasteiger partial charge in [-0.05, 0) is 54.1 Å². The summed E-state index contributed by atoms with van der Waals surface area (Å²) in [7, 11) is 3.11. The molecule has 1 heterocycles. The summed E-state index contributed by atoms with van der Waals surface area (Å²) < 4.78 is 23.9. The van der Waals surface area contributed by atoms with Crippen molar-refractivity contribution in [3.8, 4) is 11.5 Å². The zero-order chi connectivity index (χ0) is 24.8. The van der Waals surface area contributed by atoms with Crippen molar-refractivity contribution in [3.05, 3.63) is 84.2 Å². The van der Waals surface area contributed by atoms with Crippen LogP contribution >= 0.6 is 11.8 Å². The number of amides is 2. The van der Waals surface area contributed by atoms with Gasteiger partial charge in [-0.15, -0.1) is 0 Å². The van der Waals surface area contributed by atoms with Crippen molar-refractivity contribution in [3.63, 3.8) is 0 Å². The van der Waals surface area contributed by atoms with E-state index in [1.165, 1.54) is 43.1 Å². The third kappa shape index (κ3) is 5.99. The van der Waals surface area contributed by atoms with Gasteiger partial charge in [-0.3, -0.25) is 14.5 Å². The Labute approximate surface area is 207 Å². The Morgan fingerprint density at radius 3 is 2.46 bits per heavy atom. The summed E-state index contributed by atoms with van der Waals surface area (Å²) in [5.41, 5.74) is 1.88. The number of ether oxygens (including phenoxy) is 2. The highest BCUT2D eigenvalue weighted by molar-refractivity contribution is 8.15. The predicted molar refractivity (Wildman–Crippen MR) is 135 cm³/mol. The van der Waals surface area contributed by atoms with Crippen LogP contribution in [0.1, 0.15) is 12.0 Å². The number of rotatable bonds is 7. The lowest BCUT2D eigenvalue weighted by Crippen LogP contribution is -2.44. The summed E-state index contributed by atoms with van der Waals surface area (Å²) >= 11 is 1.19. The first-order valence-electron chi connectivity index (χ1n) is 10.8. The summed E-state index contributed by atoms with van der Waals surface area (Å²) in [6, 6.07) is 20.1. The molecule has 1 N–H and O–H groups in total. The lowest BCUT2D eigenvalue weighted by Gasteiger charge is -2.32. The van der Waals surface area contributed by atoms with E-state index < -0.39 is 5.25 Å². The third-order valence-electron chi connectivity index (χ3n) is 5.35. The first kappa shape index (κ1) is 24.3. The van der Waals surface area contributed by atoms with E-state index in [1.807, 2.05) is 24.3 Å². The minimum Gasteiger partial charge on any atom is -0.497 e. The van der Waals surface area contributed by atoms with Crippen LogP contribution in [-0.4, -0.2) is 41.4 Å². The van der Waals surface area contributed by atoms with Crippen molar-refractivity contribution in [2.45, 2.75) is 18.2 Å². The van der Waals surface area contributed by atoms with Crippen molar-refractivity contribution in [1.82, 2.24) is 4.90 Å². The molecule has 0 spiro atoms. The molecule has 1 fully saturated rings. The third-order valence-corrected chi connectivity index (χ3v) is 6.54. The maximum atomic E-state index is 13.4. The molecule has 0 radical (unpaired) electrons. The summed E-state index contributed by atoms with van der Waals surface area (Å²) in [5.74, 6) is 0.283. The highest BCUT2D eigenvalue weighted by Crippen LogP contribution is 2.32. The van der Waals surface area contributed by atoms with Gasteiger partial charge in [0.15, 0.2) is 5.17 Å². The van der Waals surface area contributed by atoms with E-state index in [9.17, 15) is 14.0 Å². The molecule has 180 valence electrons. The molecule has 3 aromatic rings. The molecule has 0 aromatic heterocycles. The number of carbonyl (C=O) groups excluding carboxylic acids is 2. The lowest BCUT2D eigenvalue weighted by molar-refractivity contribution is -0.129. The Morgan fingerprint density at radius 1 is 1.06 bits per heavy atom. The minimum atomic E-state index is -0.696. The second kappa shape index (κ2) is 11.1. The van der Waals surface area contributed by atoms with Crippen LogP contribution in [0, 0.1) is 5.82 Å². The first-order valence-corrected chi connectivity index (χ1v) is 11.7. The molecule has 7 nitrogen and oxygen atoms in total.